The lowest BCUT2D eigenvalue weighted by Crippen LogP contribution is -2.45. The van der Waals surface area contributed by atoms with Crippen LogP contribution in [0.3, 0.4) is 0 Å². The molecule has 2 aromatic rings. The van der Waals surface area contributed by atoms with Crippen molar-refractivity contribution < 1.29 is 4.79 Å². The Balaban J connectivity index is 1.61. The lowest BCUT2D eigenvalue weighted by Gasteiger charge is -2.34. The number of amides is 2. The maximum absolute atomic E-state index is 12.4. The van der Waals surface area contributed by atoms with Crippen molar-refractivity contribution in [1.29, 1.82) is 0 Å². The Bertz CT molecular complexity index is 631. The third-order valence-corrected chi connectivity index (χ3v) is 5.40. The Morgan fingerprint density at radius 1 is 1.24 bits per heavy atom. The quantitative estimate of drug-likeness (QED) is 0.919. The van der Waals surface area contributed by atoms with Gasteiger partial charge in [0.25, 0.3) is 0 Å². The summed E-state index contributed by atoms with van der Waals surface area (Å²) in [7, 11) is 0. The summed E-state index contributed by atoms with van der Waals surface area (Å²) in [5, 5.41) is 4.21. The molecule has 1 aromatic carbocycles. The molecule has 4 nitrogen and oxygen atoms in total. The minimum absolute atomic E-state index is 0.0986. The zero-order valence-corrected chi connectivity index (χ0v) is 12.7. The maximum atomic E-state index is 12.4. The van der Waals surface area contributed by atoms with Gasteiger partial charge in [-0.3, -0.25) is 0 Å². The van der Waals surface area contributed by atoms with Crippen molar-refractivity contribution >= 4 is 27.6 Å². The largest absolute Gasteiger partial charge is 0.335 e. The predicted molar refractivity (Wildman–Crippen MR) is 84.5 cm³/mol. The van der Waals surface area contributed by atoms with Crippen molar-refractivity contribution in [3.8, 4) is 0 Å². The molecule has 1 saturated heterocycles. The van der Waals surface area contributed by atoms with Crippen molar-refractivity contribution in [1.82, 2.24) is 15.2 Å². The number of para-hydroxylation sites is 1. The average Bonchev–Trinajstić information content (AvgIpc) is 3.22. The van der Waals surface area contributed by atoms with Gasteiger partial charge in [0.1, 0.15) is 5.01 Å². The number of hydrogen-bond donors (Lipinski definition) is 1. The molecular weight excluding hydrogens is 282 g/mol. The van der Waals surface area contributed by atoms with E-state index in [0.29, 0.717) is 6.04 Å². The first kappa shape index (κ1) is 13.1. The summed E-state index contributed by atoms with van der Waals surface area (Å²) >= 11 is 1.73. The zero-order chi connectivity index (χ0) is 14.2. The normalized spacial score (nSPS) is 22.5. The number of hydrogen-bond acceptors (Lipinski definition) is 3. The lowest BCUT2D eigenvalue weighted by atomic mass is 10.0. The average molecular weight is 301 g/mol. The van der Waals surface area contributed by atoms with Gasteiger partial charge in [-0.2, -0.15) is 0 Å². The van der Waals surface area contributed by atoms with Gasteiger partial charge in [0.2, 0.25) is 0 Å². The number of aromatic nitrogens is 1. The third-order valence-electron chi connectivity index (χ3n) is 4.26. The predicted octanol–water partition coefficient (Wildman–Crippen LogP) is 3.70. The van der Waals surface area contributed by atoms with Gasteiger partial charge in [-0.1, -0.05) is 12.1 Å². The summed E-state index contributed by atoms with van der Waals surface area (Å²) in [6.45, 7) is 0.846. The number of benzene rings is 1. The molecule has 2 aliphatic rings. The minimum Gasteiger partial charge on any atom is -0.335 e. The van der Waals surface area contributed by atoms with E-state index in [1.165, 1.54) is 11.1 Å². The Hall–Kier alpha value is -1.62. The summed E-state index contributed by atoms with van der Waals surface area (Å²) in [5.74, 6) is 0. The van der Waals surface area contributed by atoms with Gasteiger partial charge in [-0.05, 0) is 44.2 Å². The Labute approximate surface area is 128 Å². The van der Waals surface area contributed by atoms with E-state index in [9.17, 15) is 4.79 Å². The molecular formula is C16H19N3OS. The summed E-state index contributed by atoms with van der Waals surface area (Å²) in [6.07, 6.45) is 5.56. The molecule has 4 rings (SSSR count). The number of thiazole rings is 1. The highest BCUT2D eigenvalue weighted by atomic mass is 32.1. The van der Waals surface area contributed by atoms with Crippen LogP contribution in [0.4, 0.5) is 4.79 Å². The third kappa shape index (κ3) is 2.62. The van der Waals surface area contributed by atoms with E-state index in [1.807, 2.05) is 23.1 Å². The van der Waals surface area contributed by atoms with E-state index in [4.69, 9.17) is 4.98 Å². The van der Waals surface area contributed by atoms with Gasteiger partial charge in [0, 0.05) is 12.6 Å². The van der Waals surface area contributed by atoms with Crippen LogP contribution in [0.25, 0.3) is 10.2 Å². The SMILES string of the molecule is O=C(NC1CC1)N1CCCCC1c1nc2ccccc2s1. The smallest absolute Gasteiger partial charge is 0.318 e. The number of carbonyl (C=O) groups is 1. The molecule has 1 aliphatic heterocycles. The molecule has 1 atom stereocenters. The first-order valence-electron chi connectivity index (χ1n) is 7.74. The van der Waals surface area contributed by atoms with Crippen molar-refractivity contribution in [3.05, 3.63) is 29.3 Å². The molecule has 21 heavy (non-hydrogen) atoms. The standard InChI is InChI=1S/C16H19N3OS/c20-16(17-11-8-9-11)19-10-4-3-6-13(19)15-18-12-5-1-2-7-14(12)21-15/h1-2,5,7,11,13H,3-4,6,8-10H2,(H,17,20). The van der Waals surface area contributed by atoms with Crippen LogP contribution in [-0.4, -0.2) is 28.5 Å². The molecule has 5 heteroatoms. The number of likely N-dealkylation sites (tertiary alicyclic amines) is 1. The van der Waals surface area contributed by atoms with Gasteiger partial charge in [-0.25, -0.2) is 9.78 Å². The number of piperidine rings is 1. The molecule has 1 saturated carbocycles. The fourth-order valence-corrected chi connectivity index (χ4v) is 4.06. The van der Waals surface area contributed by atoms with Gasteiger partial charge < -0.3 is 10.2 Å². The highest BCUT2D eigenvalue weighted by Gasteiger charge is 2.33. The van der Waals surface area contributed by atoms with Crippen LogP contribution >= 0.6 is 11.3 Å². The van der Waals surface area contributed by atoms with Gasteiger partial charge in [0.15, 0.2) is 0 Å². The van der Waals surface area contributed by atoms with Crippen LogP contribution in [0, 0.1) is 0 Å². The van der Waals surface area contributed by atoms with Crippen LogP contribution < -0.4 is 5.32 Å². The second-order valence-electron chi connectivity index (χ2n) is 5.95. The van der Waals surface area contributed by atoms with Gasteiger partial charge >= 0.3 is 6.03 Å². The Kier molecular flexibility index (Phi) is 3.30. The van der Waals surface area contributed by atoms with Crippen LogP contribution in [0.5, 0.6) is 0 Å². The highest BCUT2D eigenvalue weighted by Crippen LogP contribution is 2.35. The van der Waals surface area contributed by atoms with E-state index >= 15 is 0 Å². The molecule has 1 unspecified atom stereocenters. The topological polar surface area (TPSA) is 45.2 Å². The summed E-state index contributed by atoms with van der Waals surface area (Å²) in [6, 6.07) is 8.88. The number of urea groups is 1. The maximum Gasteiger partial charge on any atom is 0.318 e. The van der Waals surface area contributed by atoms with Gasteiger partial charge in [-0.15, -0.1) is 11.3 Å². The van der Waals surface area contributed by atoms with E-state index in [0.717, 1.165) is 42.8 Å². The van der Waals surface area contributed by atoms with E-state index in [-0.39, 0.29) is 12.1 Å². The molecule has 2 heterocycles. The molecule has 0 spiro atoms. The summed E-state index contributed by atoms with van der Waals surface area (Å²) in [4.78, 5) is 19.2. The molecule has 0 bridgehead atoms. The van der Waals surface area contributed by atoms with Crippen molar-refractivity contribution in [2.75, 3.05) is 6.54 Å². The molecule has 0 radical (unpaired) electrons. The van der Waals surface area contributed by atoms with Crippen LogP contribution in [0.2, 0.25) is 0 Å². The van der Waals surface area contributed by atoms with Crippen LogP contribution in [-0.2, 0) is 0 Å². The Morgan fingerprint density at radius 3 is 2.90 bits per heavy atom. The molecule has 110 valence electrons. The lowest BCUT2D eigenvalue weighted by molar-refractivity contribution is 0.151. The van der Waals surface area contributed by atoms with Gasteiger partial charge in [0.05, 0.1) is 16.3 Å². The summed E-state index contributed by atoms with van der Waals surface area (Å²) < 4.78 is 1.21. The monoisotopic (exact) mass is 301 g/mol. The van der Waals surface area contributed by atoms with Crippen molar-refractivity contribution in [3.63, 3.8) is 0 Å². The fraction of sp³-hybridized carbons (Fsp3) is 0.500. The number of nitrogens with one attached hydrogen (secondary N) is 1. The minimum atomic E-state index is 0.0986. The molecule has 2 fully saturated rings. The van der Waals surface area contributed by atoms with Crippen LogP contribution in [0.1, 0.15) is 43.2 Å². The zero-order valence-electron chi connectivity index (χ0n) is 11.9. The van der Waals surface area contributed by atoms with Crippen molar-refractivity contribution in [2.24, 2.45) is 0 Å². The number of fused-ring (bicyclic) bond motifs is 1. The number of nitrogens with zero attached hydrogens (tertiary/aromatic N) is 2. The van der Waals surface area contributed by atoms with E-state index in [1.54, 1.807) is 11.3 Å². The summed E-state index contributed by atoms with van der Waals surface area (Å²) in [5.41, 5.74) is 1.05. The van der Waals surface area contributed by atoms with E-state index < -0.39 is 0 Å². The highest BCUT2D eigenvalue weighted by molar-refractivity contribution is 7.18. The second-order valence-corrected chi connectivity index (χ2v) is 7.01. The first-order chi connectivity index (χ1) is 10.3. The Morgan fingerprint density at radius 2 is 2.10 bits per heavy atom. The van der Waals surface area contributed by atoms with Crippen molar-refractivity contribution in [2.45, 2.75) is 44.2 Å². The molecule has 1 N–H and O–H groups in total. The van der Waals surface area contributed by atoms with E-state index in [2.05, 4.69) is 11.4 Å². The fourth-order valence-electron chi connectivity index (χ4n) is 2.95. The second kappa shape index (κ2) is 5.30. The number of carbonyl (C=O) groups excluding carboxylic acids is 1. The molecule has 2 amide bonds. The number of rotatable bonds is 2. The molecule has 1 aliphatic carbocycles. The molecule has 1 aromatic heterocycles. The van der Waals surface area contributed by atoms with Crippen LogP contribution in [0.15, 0.2) is 24.3 Å². The first-order valence-corrected chi connectivity index (χ1v) is 8.55.